The van der Waals surface area contributed by atoms with Crippen LogP contribution in [0.5, 0.6) is 0 Å². The van der Waals surface area contributed by atoms with E-state index in [4.69, 9.17) is 11.0 Å². The van der Waals surface area contributed by atoms with E-state index in [1.54, 1.807) is 12.3 Å². The lowest BCUT2D eigenvalue weighted by molar-refractivity contribution is 0.466. The molecule has 0 amide bonds. The number of hydrogen-bond acceptors (Lipinski definition) is 4. The maximum absolute atomic E-state index is 9.02. The molecule has 17 heavy (non-hydrogen) atoms. The second-order valence-corrected chi connectivity index (χ2v) is 5.27. The highest BCUT2D eigenvalue weighted by molar-refractivity contribution is 5.57. The number of nitrogens with two attached hydrogens (primary N) is 1. The van der Waals surface area contributed by atoms with Gasteiger partial charge in [0, 0.05) is 6.54 Å². The standard InChI is InChI=1S/C13H16N4/c14-6-9-5-11(15)7-16-12(9)17-8-13(3-4-13)10-1-2-10/h5,7,10H,1-4,8,15H2,(H,16,17). The molecule has 4 nitrogen and oxygen atoms in total. The number of hydrogen-bond donors (Lipinski definition) is 2. The zero-order chi connectivity index (χ0) is 11.9. The Morgan fingerprint density at radius 2 is 2.29 bits per heavy atom. The van der Waals surface area contributed by atoms with E-state index in [0.717, 1.165) is 12.5 Å². The van der Waals surface area contributed by atoms with Crippen LogP contribution < -0.4 is 11.1 Å². The van der Waals surface area contributed by atoms with Crippen molar-refractivity contribution in [2.45, 2.75) is 25.7 Å². The van der Waals surface area contributed by atoms with Crippen molar-refractivity contribution in [1.82, 2.24) is 4.98 Å². The molecule has 1 aromatic heterocycles. The molecule has 0 aromatic carbocycles. The minimum absolute atomic E-state index is 0.510. The van der Waals surface area contributed by atoms with Crippen LogP contribution >= 0.6 is 0 Å². The molecule has 0 unspecified atom stereocenters. The third-order valence-corrected chi connectivity index (χ3v) is 3.97. The van der Waals surface area contributed by atoms with Gasteiger partial charge in [-0.2, -0.15) is 5.26 Å². The summed E-state index contributed by atoms with van der Waals surface area (Å²) in [4.78, 5) is 4.20. The first-order chi connectivity index (χ1) is 8.23. The Bertz CT molecular complexity index is 481. The van der Waals surface area contributed by atoms with E-state index in [1.165, 1.54) is 25.7 Å². The van der Waals surface area contributed by atoms with E-state index in [0.29, 0.717) is 22.5 Å². The predicted octanol–water partition coefficient (Wildman–Crippen LogP) is 2.14. The van der Waals surface area contributed by atoms with Crippen molar-refractivity contribution in [2.75, 3.05) is 17.6 Å². The first-order valence-corrected chi connectivity index (χ1v) is 6.13. The van der Waals surface area contributed by atoms with Gasteiger partial charge < -0.3 is 11.1 Å². The Morgan fingerprint density at radius 3 is 2.88 bits per heavy atom. The van der Waals surface area contributed by atoms with Gasteiger partial charge in [0.1, 0.15) is 11.9 Å². The van der Waals surface area contributed by atoms with Gasteiger partial charge in [0.25, 0.3) is 0 Å². The summed E-state index contributed by atoms with van der Waals surface area (Å²) < 4.78 is 0. The highest BCUT2D eigenvalue weighted by Gasteiger charge is 2.53. The first-order valence-electron chi connectivity index (χ1n) is 6.13. The van der Waals surface area contributed by atoms with Crippen LogP contribution in [0, 0.1) is 22.7 Å². The number of rotatable bonds is 4. The molecule has 4 heteroatoms. The molecule has 2 aliphatic carbocycles. The second kappa shape index (κ2) is 3.63. The molecular weight excluding hydrogens is 212 g/mol. The number of nitrogens with zero attached hydrogens (tertiary/aromatic N) is 2. The minimum atomic E-state index is 0.510. The maximum Gasteiger partial charge on any atom is 0.144 e. The van der Waals surface area contributed by atoms with Crippen molar-refractivity contribution >= 4 is 11.5 Å². The van der Waals surface area contributed by atoms with Gasteiger partial charge in [-0.15, -0.1) is 0 Å². The summed E-state index contributed by atoms with van der Waals surface area (Å²) in [5, 5.41) is 12.4. The fourth-order valence-electron chi connectivity index (χ4n) is 2.55. The smallest absolute Gasteiger partial charge is 0.144 e. The van der Waals surface area contributed by atoms with Gasteiger partial charge in [-0.1, -0.05) is 0 Å². The van der Waals surface area contributed by atoms with Gasteiger partial charge in [-0.3, -0.25) is 0 Å². The maximum atomic E-state index is 9.02. The van der Waals surface area contributed by atoms with E-state index in [-0.39, 0.29) is 0 Å². The summed E-state index contributed by atoms with van der Waals surface area (Å²) in [6.45, 7) is 0.948. The van der Waals surface area contributed by atoms with Crippen LogP contribution in [0.2, 0.25) is 0 Å². The van der Waals surface area contributed by atoms with Crippen LogP contribution in [0.1, 0.15) is 31.2 Å². The molecule has 2 aliphatic rings. The molecule has 3 N–H and O–H groups in total. The number of anilines is 2. The zero-order valence-corrected chi connectivity index (χ0v) is 9.74. The molecule has 2 fully saturated rings. The molecule has 0 bridgehead atoms. The summed E-state index contributed by atoms with van der Waals surface area (Å²) in [7, 11) is 0. The largest absolute Gasteiger partial charge is 0.397 e. The van der Waals surface area contributed by atoms with Crippen LogP contribution in [0.3, 0.4) is 0 Å². The van der Waals surface area contributed by atoms with Crippen molar-refractivity contribution in [1.29, 1.82) is 5.26 Å². The lowest BCUT2D eigenvalue weighted by atomic mass is 10.0. The van der Waals surface area contributed by atoms with Crippen molar-refractivity contribution in [3.05, 3.63) is 17.8 Å². The lowest BCUT2D eigenvalue weighted by Crippen LogP contribution is -2.18. The number of aromatic nitrogens is 1. The molecule has 0 aliphatic heterocycles. The average molecular weight is 228 g/mol. The van der Waals surface area contributed by atoms with Crippen LogP contribution in [0.15, 0.2) is 12.3 Å². The molecule has 0 saturated heterocycles. The highest BCUT2D eigenvalue weighted by atomic mass is 15.0. The molecule has 1 aromatic rings. The Hall–Kier alpha value is -1.76. The van der Waals surface area contributed by atoms with Gasteiger partial charge in [0.05, 0.1) is 17.4 Å². The molecule has 1 heterocycles. The predicted molar refractivity (Wildman–Crippen MR) is 66.2 cm³/mol. The number of nitrogen functional groups attached to an aromatic ring is 1. The Balaban J connectivity index is 1.71. The summed E-state index contributed by atoms with van der Waals surface area (Å²) >= 11 is 0. The topological polar surface area (TPSA) is 74.7 Å². The summed E-state index contributed by atoms with van der Waals surface area (Å²) in [6, 6.07) is 3.81. The molecule has 0 atom stereocenters. The van der Waals surface area contributed by atoms with Gasteiger partial charge in [0.15, 0.2) is 0 Å². The van der Waals surface area contributed by atoms with Gasteiger partial charge in [-0.25, -0.2) is 4.98 Å². The fourth-order valence-corrected chi connectivity index (χ4v) is 2.55. The number of nitrogens with one attached hydrogen (secondary N) is 1. The summed E-state index contributed by atoms with van der Waals surface area (Å²) in [5.41, 5.74) is 7.20. The van der Waals surface area contributed by atoms with Gasteiger partial charge >= 0.3 is 0 Å². The van der Waals surface area contributed by atoms with Crippen molar-refractivity contribution in [3.8, 4) is 6.07 Å². The molecule has 2 saturated carbocycles. The number of pyridine rings is 1. The fraction of sp³-hybridized carbons (Fsp3) is 0.538. The van der Waals surface area contributed by atoms with E-state index < -0.39 is 0 Å². The van der Waals surface area contributed by atoms with Gasteiger partial charge in [-0.05, 0) is 43.1 Å². The van der Waals surface area contributed by atoms with Crippen molar-refractivity contribution in [2.24, 2.45) is 11.3 Å². The quantitative estimate of drug-likeness (QED) is 0.827. The Labute approximate surface area is 101 Å². The average Bonchev–Trinajstić information content (AvgIpc) is 3.18. The van der Waals surface area contributed by atoms with Crippen LogP contribution in [-0.2, 0) is 0 Å². The molecule has 0 spiro atoms. The van der Waals surface area contributed by atoms with Crippen molar-refractivity contribution in [3.63, 3.8) is 0 Å². The minimum Gasteiger partial charge on any atom is -0.397 e. The lowest BCUT2D eigenvalue weighted by Gasteiger charge is -2.16. The van der Waals surface area contributed by atoms with E-state index in [9.17, 15) is 0 Å². The second-order valence-electron chi connectivity index (χ2n) is 5.27. The van der Waals surface area contributed by atoms with Gasteiger partial charge in [0.2, 0.25) is 0 Å². The van der Waals surface area contributed by atoms with E-state index in [1.807, 2.05) is 0 Å². The Morgan fingerprint density at radius 1 is 1.53 bits per heavy atom. The Kier molecular flexibility index (Phi) is 2.22. The molecule has 3 rings (SSSR count). The third-order valence-electron chi connectivity index (χ3n) is 3.97. The SMILES string of the molecule is N#Cc1cc(N)cnc1NCC1(C2CC2)CC1. The third kappa shape index (κ3) is 1.93. The molecule has 0 radical (unpaired) electrons. The molecular formula is C13H16N4. The van der Waals surface area contributed by atoms with Crippen LogP contribution in [-0.4, -0.2) is 11.5 Å². The monoisotopic (exact) mass is 228 g/mol. The molecule has 88 valence electrons. The highest BCUT2D eigenvalue weighted by Crippen LogP contribution is 2.61. The summed E-state index contributed by atoms with van der Waals surface area (Å²) in [6.07, 6.45) is 6.99. The van der Waals surface area contributed by atoms with Crippen LogP contribution in [0.4, 0.5) is 11.5 Å². The summed E-state index contributed by atoms with van der Waals surface area (Å²) in [5.74, 6) is 1.59. The van der Waals surface area contributed by atoms with E-state index >= 15 is 0 Å². The van der Waals surface area contributed by atoms with Crippen molar-refractivity contribution < 1.29 is 0 Å². The normalized spacial score (nSPS) is 20.6. The number of nitriles is 1. The first kappa shape index (κ1) is 10.4. The van der Waals surface area contributed by atoms with Crippen LogP contribution in [0.25, 0.3) is 0 Å². The zero-order valence-electron chi connectivity index (χ0n) is 9.74. The van der Waals surface area contributed by atoms with E-state index in [2.05, 4.69) is 16.4 Å².